The largest absolute Gasteiger partial charge is 0.368 e. The van der Waals surface area contributed by atoms with Gasteiger partial charge in [-0.1, -0.05) is 32.0 Å². The maximum atomic E-state index is 11.7. The molecular formula is C15H22N2O2. The first-order chi connectivity index (χ1) is 8.81. The summed E-state index contributed by atoms with van der Waals surface area (Å²) in [6, 6.07) is 5.33. The maximum absolute atomic E-state index is 11.7. The van der Waals surface area contributed by atoms with E-state index in [0.717, 1.165) is 11.1 Å². The molecule has 0 aliphatic carbocycles. The molecule has 0 saturated heterocycles. The van der Waals surface area contributed by atoms with Crippen LogP contribution in [0.5, 0.6) is 0 Å². The average Bonchev–Trinajstić information content (AvgIpc) is 2.32. The predicted octanol–water partition coefficient (Wildman–Crippen LogP) is 1.47. The van der Waals surface area contributed by atoms with Crippen LogP contribution in [0.25, 0.3) is 0 Å². The number of rotatable bonds is 5. The minimum Gasteiger partial charge on any atom is -0.368 e. The minimum absolute atomic E-state index is 0.160. The van der Waals surface area contributed by atoms with Gasteiger partial charge in [0.05, 0.1) is 0 Å². The van der Waals surface area contributed by atoms with Crippen molar-refractivity contribution in [3.8, 4) is 0 Å². The Labute approximate surface area is 114 Å². The van der Waals surface area contributed by atoms with Crippen LogP contribution >= 0.6 is 0 Å². The molecule has 0 heterocycles. The van der Waals surface area contributed by atoms with E-state index in [-0.39, 0.29) is 11.8 Å². The van der Waals surface area contributed by atoms with Gasteiger partial charge in [0.1, 0.15) is 6.04 Å². The lowest BCUT2D eigenvalue weighted by molar-refractivity contribution is -0.129. The van der Waals surface area contributed by atoms with E-state index >= 15 is 0 Å². The van der Waals surface area contributed by atoms with Gasteiger partial charge in [-0.2, -0.15) is 0 Å². The molecule has 0 fully saturated rings. The third kappa shape index (κ3) is 4.39. The molecule has 4 heteroatoms. The summed E-state index contributed by atoms with van der Waals surface area (Å²) in [6.07, 6.45) is 0.426. The summed E-state index contributed by atoms with van der Waals surface area (Å²) in [5.74, 6) is -0.832. The van der Waals surface area contributed by atoms with Gasteiger partial charge in [0, 0.05) is 12.3 Å². The third-order valence-electron chi connectivity index (χ3n) is 3.20. The number of hydrogen-bond acceptors (Lipinski definition) is 2. The minimum atomic E-state index is -0.656. The summed E-state index contributed by atoms with van der Waals surface area (Å²) in [5.41, 5.74) is 8.71. The number of carbonyl (C=O) groups excluding carboxylic acids is 2. The van der Waals surface area contributed by atoms with Gasteiger partial charge in [-0.05, 0) is 30.5 Å². The molecule has 0 spiro atoms. The fourth-order valence-electron chi connectivity index (χ4n) is 1.73. The molecular weight excluding hydrogens is 240 g/mol. The second-order valence-electron chi connectivity index (χ2n) is 5.24. The van der Waals surface area contributed by atoms with Crippen molar-refractivity contribution in [1.82, 2.24) is 5.32 Å². The van der Waals surface area contributed by atoms with Crippen LogP contribution in [0.2, 0.25) is 0 Å². The van der Waals surface area contributed by atoms with E-state index in [4.69, 9.17) is 5.73 Å². The fraction of sp³-hybridized carbons (Fsp3) is 0.467. The number of amides is 2. The molecule has 0 aromatic heterocycles. The summed E-state index contributed by atoms with van der Waals surface area (Å²) in [6.45, 7) is 7.61. The highest BCUT2D eigenvalue weighted by Gasteiger charge is 2.20. The Morgan fingerprint density at radius 2 is 1.84 bits per heavy atom. The summed E-state index contributed by atoms with van der Waals surface area (Å²) >= 11 is 0. The molecule has 0 radical (unpaired) electrons. The van der Waals surface area contributed by atoms with Crippen molar-refractivity contribution in [3.05, 3.63) is 34.9 Å². The number of nitrogens with one attached hydrogen (secondary N) is 1. The lowest BCUT2D eigenvalue weighted by Gasteiger charge is -2.17. The molecule has 104 valence electrons. The first kappa shape index (κ1) is 15.2. The Morgan fingerprint density at radius 3 is 2.32 bits per heavy atom. The summed E-state index contributed by atoms with van der Waals surface area (Å²) in [5, 5.41) is 2.68. The number of nitrogens with two attached hydrogens (primary N) is 1. The van der Waals surface area contributed by atoms with Crippen LogP contribution in [0.1, 0.15) is 30.5 Å². The predicted molar refractivity (Wildman–Crippen MR) is 75.6 cm³/mol. The molecule has 0 saturated carbocycles. The van der Waals surface area contributed by atoms with Gasteiger partial charge in [-0.3, -0.25) is 9.59 Å². The van der Waals surface area contributed by atoms with Gasteiger partial charge < -0.3 is 11.1 Å². The van der Waals surface area contributed by atoms with Crippen molar-refractivity contribution in [2.45, 2.75) is 40.2 Å². The van der Waals surface area contributed by atoms with Crippen LogP contribution in [0, 0.1) is 19.8 Å². The summed E-state index contributed by atoms with van der Waals surface area (Å²) in [4.78, 5) is 23.1. The van der Waals surface area contributed by atoms with Crippen molar-refractivity contribution in [2.24, 2.45) is 11.7 Å². The Hall–Kier alpha value is -1.84. The van der Waals surface area contributed by atoms with E-state index < -0.39 is 11.9 Å². The molecule has 1 aromatic carbocycles. The highest BCUT2D eigenvalue weighted by atomic mass is 16.2. The molecule has 19 heavy (non-hydrogen) atoms. The SMILES string of the molecule is Cc1ccc(C[C@H](NC(=O)C(C)C)C(N)=O)cc1C. The lowest BCUT2D eigenvalue weighted by atomic mass is 10.00. The van der Waals surface area contributed by atoms with Crippen LogP contribution < -0.4 is 11.1 Å². The first-order valence-corrected chi connectivity index (χ1v) is 6.47. The van der Waals surface area contributed by atoms with E-state index in [1.807, 2.05) is 32.0 Å². The molecule has 0 aliphatic heterocycles. The van der Waals surface area contributed by atoms with Crippen LogP contribution in [0.15, 0.2) is 18.2 Å². The Kier molecular flexibility index (Phi) is 5.10. The van der Waals surface area contributed by atoms with E-state index in [1.54, 1.807) is 13.8 Å². The Bertz CT molecular complexity index is 481. The zero-order valence-electron chi connectivity index (χ0n) is 12.0. The van der Waals surface area contributed by atoms with Gasteiger partial charge in [0.15, 0.2) is 0 Å². The van der Waals surface area contributed by atoms with E-state index in [0.29, 0.717) is 6.42 Å². The normalized spacial score (nSPS) is 12.3. The van der Waals surface area contributed by atoms with E-state index in [9.17, 15) is 9.59 Å². The molecule has 0 unspecified atom stereocenters. The van der Waals surface area contributed by atoms with Gasteiger partial charge in [0.2, 0.25) is 11.8 Å². The topological polar surface area (TPSA) is 72.2 Å². The van der Waals surface area contributed by atoms with Gasteiger partial charge >= 0.3 is 0 Å². The number of hydrogen-bond donors (Lipinski definition) is 2. The zero-order valence-corrected chi connectivity index (χ0v) is 12.0. The molecule has 4 nitrogen and oxygen atoms in total. The second-order valence-corrected chi connectivity index (χ2v) is 5.24. The van der Waals surface area contributed by atoms with Crippen molar-refractivity contribution in [1.29, 1.82) is 0 Å². The van der Waals surface area contributed by atoms with Crippen LogP contribution in [0.3, 0.4) is 0 Å². The highest BCUT2D eigenvalue weighted by molar-refractivity contribution is 5.87. The zero-order chi connectivity index (χ0) is 14.6. The van der Waals surface area contributed by atoms with Crippen molar-refractivity contribution < 1.29 is 9.59 Å². The standard InChI is InChI=1S/C15H22N2O2/c1-9(2)15(19)17-13(14(16)18)8-12-6-5-10(3)11(4)7-12/h5-7,9,13H,8H2,1-4H3,(H2,16,18)(H,17,19)/t13-/m0/s1. The molecule has 2 amide bonds. The lowest BCUT2D eigenvalue weighted by Crippen LogP contribution is -2.47. The molecule has 0 bridgehead atoms. The third-order valence-corrected chi connectivity index (χ3v) is 3.20. The van der Waals surface area contributed by atoms with Crippen molar-refractivity contribution in [2.75, 3.05) is 0 Å². The van der Waals surface area contributed by atoms with Gasteiger partial charge in [-0.25, -0.2) is 0 Å². The summed E-state index contributed by atoms with van der Waals surface area (Å²) in [7, 11) is 0. The quantitative estimate of drug-likeness (QED) is 0.843. The first-order valence-electron chi connectivity index (χ1n) is 6.47. The molecule has 1 atom stereocenters. The summed E-state index contributed by atoms with van der Waals surface area (Å²) < 4.78 is 0. The van der Waals surface area contributed by atoms with Crippen LogP contribution in [0.4, 0.5) is 0 Å². The Morgan fingerprint density at radius 1 is 1.21 bits per heavy atom. The maximum Gasteiger partial charge on any atom is 0.240 e. The van der Waals surface area contributed by atoms with E-state index in [2.05, 4.69) is 5.32 Å². The van der Waals surface area contributed by atoms with E-state index in [1.165, 1.54) is 5.56 Å². The molecule has 3 N–H and O–H groups in total. The van der Waals surface area contributed by atoms with Crippen molar-refractivity contribution in [3.63, 3.8) is 0 Å². The number of benzene rings is 1. The van der Waals surface area contributed by atoms with Crippen LogP contribution in [-0.2, 0) is 16.0 Å². The molecule has 0 aliphatic rings. The number of carbonyl (C=O) groups is 2. The van der Waals surface area contributed by atoms with Crippen LogP contribution in [-0.4, -0.2) is 17.9 Å². The number of aryl methyl sites for hydroxylation is 2. The number of primary amides is 1. The molecule has 1 aromatic rings. The Balaban J connectivity index is 2.81. The fourth-order valence-corrected chi connectivity index (χ4v) is 1.73. The monoisotopic (exact) mass is 262 g/mol. The highest BCUT2D eigenvalue weighted by Crippen LogP contribution is 2.12. The van der Waals surface area contributed by atoms with Gasteiger partial charge in [-0.15, -0.1) is 0 Å². The van der Waals surface area contributed by atoms with Crippen molar-refractivity contribution >= 4 is 11.8 Å². The molecule has 1 rings (SSSR count). The average molecular weight is 262 g/mol. The smallest absolute Gasteiger partial charge is 0.240 e. The van der Waals surface area contributed by atoms with Gasteiger partial charge in [0.25, 0.3) is 0 Å². The second kappa shape index (κ2) is 6.36.